The fourth-order valence-electron chi connectivity index (χ4n) is 2.60. The Balaban J connectivity index is 2.17. The van der Waals surface area contributed by atoms with E-state index in [0.717, 1.165) is 25.4 Å². The van der Waals surface area contributed by atoms with Crippen molar-refractivity contribution in [2.45, 2.75) is 38.1 Å². The van der Waals surface area contributed by atoms with Crippen molar-refractivity contribution in [2.24, 2.45) is 5.73 Å². The highest BCUT2D eigenvalue weighted by Crippen LogP contribution is 2.28. The Morgan fingerprint density at radius 1 is 1.31 bits per heavy atom. The van der Waals surface area contributed by atoms with Crippen molar-refractivity contribution in [1.29, 1.82) is 0 Å². The summed E-state index contributed by atoms with van der Waals surface area (Å²) in [6.45, 7) is 4.38. The largest absolute Gasteiger partial charge is 0.328 e. The van der Waals surface area contributed by atoms with Gasteiger partial charge in [0.1, 0.15) is 0 Å². The molecular weight excluding hydrogens is 196 g/mol. The molecule has 2 rings (SSSR count). The normalized spacial score (nSPS) is 19.6. The lowest BCUT2D eigenvalue weighted by atomic mass is 9.85. The van der Waals surface area contributed by atoms with E-state index < -0.39 is 0 Å². The predicted octanol–water partition coefficient (Wildman–Crippen LogP) is 2.04. The van der Waals surface area contributed by atoms with Crippen molar-refractivity contribution in [3.8, 4) is 0 Å². The van der Waals surface area contributed by atoms with E-state index in [4.69, 9.17) is 5.73 Å². The maximum Gasteiger partial charge on any atom is 0.00510 e. The number of hydrogen-bond acceptors (Lipinski definition) is 2. The molecule has 0 spiro atoms. The topological polar surface area (TPSA) is 38.0 Å². The minimum absolute atomic E-state index is 0.253. The van der Waals surface area contributed by atoms with Crippen LogP contribution in [0.2, 0.25) is 0 Å². The third kappa shape index (κ3) is 2.83. The summed E-state index contributed by atoms with van der Waals surface area (Å²) in [6, 6.07) is 9.06. The van der Waals surface area contributed by atoms with Crippen LogP contribution in [0.25, 0.3) is 0 Å². The minimum atomic E-state index is 0.253. The van der Waals surface area contributed by atoms with Crippen LogP contribution >= 0.6 is 0 Å². The van der Waals surface area contributed by atoms with Crippen LogP contribution in [0.15, 0.2) is 24.3 Å². The van der Waals surface area contributed by atoms with Gasteiger partial charge in [-0.3, -0.25) is 0 Å². The molecule has 1 unspecified atom stereocenters. The molecule has 16 heavy (non-hydrogen) atoms. The first-order valence-corrected chi connectivity index (χ1v) is 6.31. The average Bonchev–Trinajstić information content (AvgIpc) is 2.30. The van der Waals surface area contributed by atoms with Crippen molar-refractivity contribution in [2.75, 3.05) is 13.1 Å². The van der Waals surface area contributed by atoms with E-state index in [0.29, 0.717) is 0 Å². The Bertz CT molecular complexity index is 327. The molecule has 3 N–H and O–H groups in total. The first-order chi connectivity index (χ1) is 7.77. The second-order valence-electron chi connectivity index (χ2n) is 4.90. The molecule has 1 heterocycles. The lowest BCUT2D eigenvalue weighted by molar-refractivity contribution is 0.457. The SMILES string of the molecule is CC(N)Cc1ccccc1C1CCNCC1. The number of hydrogen-bond donors (Lipinski definition) is 2. The van der Waals surface area contributed by atoms with Gasteiger partial charge in [-0.15, -0.1) is 0 Å². The molecule has 88 valence electrons. The van der Waals surface area contributed by atoms with E-state index >= 15 is 0 Å². The molecule has 0 aliphatic carbocycles. The van der Waals surface area contributed by atoms with E-state index in [1.807, 2.05) is 0 Å². The molecule has 1 aliphatic heterocycles. The predicted molar refractivity (Wildman–Crippen MR) is 68.6 cm³/mol. The summed E-state index contributed by atoms with van der Waals surface area (Å²) in [6.07, 6.45) is 3.52. The molecule has 1 aliphatic rings. The zero-order chi connectivity index (χ0) is 11.4. The molecule has 0 radical (unpaired) electrons. The molecule has 0 bridgehead atoms. The van der Waals surface area contributed by atoms with Crippen LogP contribution in [0.1, 0.15) is 36.8 Å². The van der Waals surface area contributed by atoms with Gasteiger partial charge in [0.2, 0.25) is 0 Å². The smallest absolute Gasteiger partial charge is 0.00510 e. The quantitative estimate of drug-likeness (QED) is 0.815. The van der Waals surface area contributed by atoms with Gasteiger partial charge < -0.3 is 11.1 Å². The highest BCUT2D eigenvalue weighted by molar-refractivity contribution is 5.31. The van der Waals surface area contributed by atoms with E-state index in [2.05, 4.69) is 36.5 Å². The summed E-state index contributed by atoms with van der Waals surface area (Å²) in [7, 11) is 0. The van der Waals surface area contributed by atoms with Crippen LogP contribution in [0.5, 0.6) is 0 Å². The van der Waals surface area contributed by atoms with Crippen LogP contribution in [-0.4, -0.2) is 19.1 Å². The number of nitrogens with two attached hydrogens (primary N) is 1. The molecule has 1 atom stereocenters. The fourth-order valence-corrected chi connectivity index (χ4v) is 2.60. The second kappa shape index (κ2) is 5.46. The first kappa shape index (κ1) is 11.6. The zero-order valence-electron chi connectivity index (χ0n) is 10.1. The number of piperidine rings is 1. The third-order valence-corrected chi connectivity index (χ3v) is 3.38. The number of nitrogens with one attached hydrogen (secondary N) is 1. The molecular formula is C14H22N2. The van der Waals surface area contributed by atoms with E-state index in [1.165, 1.54) is 24.0 Å². The van der Waals surface area contributed by atoms with Gasteiger partial charge >= 0.3 is 0 Å². The van der Waals surface area contributed by atoms with Gasteiger partial charge in [-0.1, -0.05) is 24.3 Å². The van der Waals surface area contributed by atoms with Gasteiger partial charge in [0, 0.05) is 6.04 Å². The number of rotatable bonds is 3. The fraction of sp³-hybridized carbons (Fsp3) is 0.571. The van der Waals surface area contributed by atoms with Crippen LogP contribution in [0.3, 0.4) is 0 Å². The molecule has 1 aromatic rings. The van der Waals surface area contributed by atoms with Crippen molar-refractivity contribution < 1.29 is 0 Å². The summed E-state index contributed by atoms with van der Waals surface area (Å²) in [5.74, 6) is 0.733. The molecule has 2 nitrogen and oxygen atoms in total. The Morgan fingerprint density at radius 3 is 2.69 bits per heavy atom. The second-order valence-corrected chi connectivity index (χ2v) is 4.90. The maximum atomic E-state index is 5.91. The van der Waals surface area contributed by atoms with Gasteiger partial charge in [0.25, 0.3) is 0 Å². The lowest BCUT2D eigenvalue weighted by Crippen LogP contribution is -2.27. The van der Waals surface area contributed by atoms with Crippen molar-refractivity contribution >= 4 is 0 Å². The van der Waals surface area contributed by atoms with Gasteiger partial charge in [-0.2, -0.15) is 0 Å². The molecule has 2 heteroatoms. The van der Waals surface area contributed by atoms with Gasteiger partial charge in [-0.25, -0.2) is 0 Å². The molecule has 0 amide bonds. The highest BCUT2D eigenvalue weighted by atomic mass is 14.9. The molecule has 1 aromatic carbocycles. The van der Waals surface area contributed by atoms with Crippen LogP contribution in [0, 0.1) is 0 Å². The van der Waals surface area contributed by atoms with Gasteiger partial charge in [0.15, 0.2) is 0 Å². The van der Waals surface area contributed by atoms with Gasteiger partial charge in [-0.05, 0) is 56.3 Å². The molecule has 1 fully saturated rings. The third-order valence-electron chi connectivity index (χ3n) is 3.38. The number of benzene rings is 1. The van der Waals surface area contributed by atoms with Gasteiger partial charge in [0.05, 0.1) is 0 Å². The van der Waals surface area contributed by atoms with Crippen molar-refractivity contribution in [3.63, 3.8) is 0 Å². The Kier molecular flexibility index (Phi) is 3.97. The van der Waals surface area contributed by atoms with Crippen molar-refractivity contribution in [1.82, 2.24) is 5.32 Å². The lowest BCUT2D eigenvalue weighted by Gasteiger charge is -2.25. The summed E-state index contributed by atoms with van der Waals surface area (Å²) >= 11 is 0. The molecule has 0 saturated carbocycles. The van der Waals surface area contributed by atoms with E-state index in [1.54, 1.807) is 0 Å². The Labute approximate surface area is 98.2 Å². The zero-order valence-corrected chi connectivity index (χ0v) is 10.1. The standard InChI is InChI=1S/C14H22N2/c1-11(15)10-13-4-2-3-5-14(13)12-6-8-16-9-7-12/h2-5,11-12,16H,6-10,15H2,1H3. The average molecular weight is 218 g/mol. The summed E-state index contributed by atoms with van der Waals surface area (Å²) in [5.41, 5.74) is 8.89. The van der Waals surface area contributed by atoms with E-state index in [-0.39, 0.29) is 6.04 Å². The summed E-state index contributed by atoms with van der Waals surface area (Å²) in [5, 5.41) is 3.42. The highest BCUT2D eigenvalue weighted by Gasteiger charge is 2.17. The first-order valence-electron chi connectivity index (χ1n) is 6.31. The Hall–Kier alpha value is -0.860. The monoisotopic (exact) mass is 218 g/mol. The minimum Gasteiger partial charge on any atom is -0.328 e. The summed E-state index contributed by atoms with van der Waals surface area (Å²) < 4.78 is 0. The maximum absolute atomic E-state index is 5.91. The Morgan fingerprint density at radius 2 is 2.00 bits per heavy atom. The van der Waals surface area contributed by atoms with Crippen LogP contribution in [0.4, 0.5) is 0 Å². The molecule has 1 saturated heterocycles. The summed E-state index contributed by atoms with van der Waals surface area (Å²) in [4.78, 5) is 0. The van der Waals surface area contributed by atoms with Crippen molar-refractivity contribution in [3.05, 3.63) is 35.4 Å². The van der Waals surface area contributed by atoms with Crippen LogP contribution in [-0.2, 0) is 6.42 Å². The molecule has 0 aromatic heterocycles. The van der Waals surface area contributed by atoms with Crippen LogP contribution < -0.4 is 11.1 Å². The van der Waals surface area contributed by atoms with E-state index in [9.17, 15) is 0 Å².